The molecule has 0 fully saturated rings. The van der Waals surface area contributed by atoms with Crippen LogP contribution >= 0.6 is 0 Å². The molecule has 1 aromatic heterocycles. The first-order chi connectivity index (χ1) is 9.02. The van der Waals surface area contributed by atoms with Gasteiger partial charge < -0.3 is 10.4 Å². The highest BCUT2D eigenvalue weighted by molar-refractivity contribution is 5.90. The first-order valence-corrected chi connectivity index (χ1v) is 6.60. The van der Waals surface area contributed by atoms with E-state index in [4.69, 9.17) is 0 Å². The van der Waals surface area contributed by atoms with Crippen LogP contribution in [0.15, 0.2) is 30.5 Å². The van der Waals surface area contributed by atoms with Crippen LogP contribution in [0.2, 0.25) is 0 Å². The summed E-state index contributed by atoms with van der Waals surface area (Å²) in [7, 11) is 0. The fourth-order valence-corrected chi connectivity index (χ4v) is 2.16. The Morgan fingerprint density at radius 3 is 2.68 bits per heavy atom. The first-order valence-electron chi connectivity index (χ1n) is 6.60. The Balaban J connectivity index is 2.34. The van der Waals surface area contributed by atoms with E-state index in [1.807, 2.05) is 24.3 Å². The van der Waals surface area contributed by atoms with Crippen molar-refractivity contribution >= 4 is 16.6 Å². The summed E-state index contributed by atoms with van der Waals surface area (Å²) in [5, 5.41) is 21.9. The van der Waals surface area contributed by atoms with E-state index in [1.54, 1.807) is 6.20 Å². The molecular weight excluding hydrogens is 238 g/mol. The molecule has 2 N–H and O–H groups in total. The number of nitrogens with zero attached hydrogens (tertiary/aromatic N) is 2. The Kier molecular flexibility index (Phi) is 4.00. The van der Waals surface area contributed by atoms with Crippen molar-refractivity contribution in [3.8, 4) is 0 Å². The van der Waals surface area contributed by atoms with E-state index < -0.39 is 0 Å². The van der Waals surface area contributed by atoms with Crippen LogP contribution in [-0.4, -0.2) is 28.0 Å². The average Bonchev–Trinajstić information content (AvgIpc) is 2.37. The third-order valence-electron chi connectivity index (χ3n) is 3.34. The quantitative estimate of drug-likeness (QED) is 0.886. The van der Waals surface area contributed by atoms with Crippen LogP contribution in [0.5, 0.6) is 0 Å². The largest absolute Gasteiger partial charge is 0.396 e. The maximum absolute atomic E-state index is 9.22. The van der Waals surface area contributed by atoms with Crippen molar-refractivity contribution in [1.29, 1.82) is 0 Å². The molecule has 1 atom stereocenters. The lowest BCUT2D eigenvalue weighted by Gasteiger charge is -2.32. The summed E-state index contributed by atoms with van der Waals surface area (Å²) < 4.78 is 0. The maximum Gasteiger partial charge on any atom is 0.0950 e. The fourth-order valence-electron chi connectivity index (χ4n) is 2.16. The molecule has 4 heteroatoms. The van der Waals surface area contributed by atoms with E-state index in [0.29, 0.717) is 6.42 Å². The van der Waals surface area contributed by atoms with Gasteiger partial charge in [-0.15, -0.1) is 0 Å². The zero-order valence-corrected chi connectivity index (χ0v) is 11.7. The topological polar surface area (TPSA) is 58.0 Å². The minimum atomic E-state index is 0.0626. The summed E-state index contributed by atoms with van der Waals surface area (Å²) in [6.45, 7) is 6.66. The molecule has 102 valence electrons. The second-order valence-electron chi connectivity index (χ2n) is 5.85. The molecule has 4 nitrogen and oxygen atoms in total. The van der Waals surface area contributed by atoms with Gasteiger partial charge in [-0.2, -0.15) is 10.2 Å². The van der Waals surface area contributed by atoms with Crippen LogP contribution in [0.25, 0.3) is 10.9 Å². The minimum Gasteiger partial charge on any atom is -0.396 e. The van der Waals surface area contributed by atoms with Crippen LogP contribution in [0.4, 0.5) is 5.69 Å². The van der Waals surface area contributed by atoms with Crippen LogP contribution < -0.4 is 5.32 Å². The number of fused-ring (bicyclic) bond motifs is 1. The molecule has 1 heterocycles. The molecule has 0 saturated heterocycles. The number of aromatic nitrogens is 2. The molecule has 2 aromatic rings. The lowest BCUT2D eigenvalue weighted by molar-refractivity contribution is 0.235. The number of hydrogen-bond acceptors (Lipinski definition) is 4. The Bertz CT molecular complexity index is 543. The monoisotopic (exact) mass is 259 g/mol. The fraction of sp³-hybridized carbons (Fsp3) is 0.467. The van der Waals surface area contributed by atoms with Gasteiger partial charge in [0.2, 0.25) is 0 Å². The minimum absolute atomic E-state index is 0.0626. The van der Waals surface area contributed by atoms with Gasteiger partial charge in [-0.3, -0.25) is 0 Å². The maximum atomic E-state index is 9.22. The van der Waals surface area contributed by atoms with E-state index in [0.717, 1.165) is 16.6 Å². The van der Waals surface area contributed by atoms with Crippen molar-refractivity contribution in [2.75, 3.05) is 11.9 Å². The van der Waals surface area contributed by atoms with Crippen LogP contribution in [0.3, 0.4) is 0 Å². The van der Waals surface area contributed by atoms with E-state index in [-0.39, 0.29) is 18.1 Å². The molecule has 1 unspecified atom stereocenters. The number of aliphatic hydroxyl groups is 1. The van der Waals surface area contributed by atoms with Crippen LogP contribution in [0.1, 0.15) is 27.2 Å². The highest BCUT2D eigenvalue weighted by Gasteiger charge is 2.24. The summed E-state index contributed by atoms with van der Waals surface area (Å²) >= 11 is 0. The van der Waals surface area contributed by atoms with Crippen molar-refractivity contribution in [1.82, 2.24) is 10.2 Å². The third kappa shape index (κ3) is 3.20. The number of anilines is 1. The van der Waals surface area contributed by atoms with Gasteiger partial charge in [0.15, 0.2) is 0 Å². The van der Waals surface area contributed by atoms with Gasteiger partial charge in [-0.25, -0.2) is 0 Å². The normalized spacial score (nSPS) is 13.5. The van der Waals surface area contributed by atoms with Gasteiger partial charge in [-0.1, -0.05) is 39.0 Å². The molecule has 0 radical (unpaired) electrons. The summed E-state index contributed by atoms with van der Waals surface area (Å²) in [4.78, 5) is 0. The van der Waals surface area contributed by atoms with Gasteiger partial charge in [-0.05, 0) is 17.9 Å². The molecule has 0 aliphatic heterocycles. The second-order valence-corrected chi connectivity index (χ2v) is 5.85. The van der Waals surface area contributed by atoms with E-state index in [1.165, 1.54) is 0 Å². The molecule has 0 bridgehead atoms. The van der Waals surface area contributed by atoms with E-state index in [2.05, 4.69) is 36.3 Å². The Morgan fingerprint density at radius 1 is 1.26 bits per heavy atom. The molecule has 19 heavy (non-hydrogen) atoms. The SMILES string of the molecule is CC(C)(C)C(CCO)Nc1cnnc2ccccc12. The zero-order chi connectivity index (χ0) is 13.9. The molecule has 0 amide bonds. The van der Waals surface area contributed by atoms with E-state index in [9.17, 15) is 5.11 Å². The standard InChI is InChI=1S/C15H21N3O/c1-15(2,3)14(8-9-19)17-13-10-16-18-12-7-5-4-6-11(12)13/h4-7,10,14,19H,8-9H2,1-3H3,(H,17,18). The average molecular weight is 259 g/mol. The first kappa shape index (κ1) is 13.7. The van der Waals surface area contributed by atoms with Crippen molar-refractivity contribution in [2.24, 2.45) is 5.41 Å². The Morgan fingerprint density at radius 2 is 2.00 bits per heavy atom. The second kappa shape index (κ2) is 5.53. The molecule has 0 saturated carbocycles. The predicted octanol–water partition coefficient (Wildman–Crippen LogP) is 2.84. The van der Waals surface area contributed by atoms with Crippen molar-refractivity contribution in [2.45, 2.75) is 33.2 Å². The van der Waals surface area contributed by atoms with Gasteiger partial charge in [0.05, 0.1) is 17.4 Å². The highest BCUT2D eigenvalue weighted by Crippen LogP contribution is 2.28. The number of rotatable bonds is 4. The van der Waals surface area contributed by atoms with Gasteiger partial charge in [0, 0.05) is 18.0 Å². The predicted molar refractivity (Wildman–Crippen MR) is 78.1 cm³/mol. The van der Waals surface area contributed by atoms with Crippen LogP contribution in [-0.2, 0) is 0 Å². The number of hydrogen-bond donors (Lipinski definition) is 2. The Hall–Kier alpha value is -1.68. The zero-order valence-electron chi connectivity index (χ0n) is 11.7. The van der Waals surface area contributed by atoms with E-state index >= 15 is 0 Å². The molecule has 0 aliphatic rings. The smallest absolute Gasteiger partial charge is 0.0950 e. The lowest BCUT2D eigenvalue weighted by atomic mass is 9.84. The van der Waals surface area contributed by atoms with Crippen molar-refractivity contribution in [3.05, 3.63) is 30.5 Å². The summed E-state index contributed by atoms with van der Waals surface area (Å²) in [5.41, 5.74) is 1.91. The molecule has 2 rings (SSSR count). The highest BCUT2D eigenvalue weighted by atomic mass is 16.3. The number of aliphatic hydroxyl groups excluding tert-OH is 1. The van der Waals surface area contributed by atoms with Gasteiger partial charge in [0.25, 0.3) is 0 Å². The Labute approximate surface area is 113 Å². The summed E-state index contributed by atoms with van der Waals surface area (Å²) in [6, 6.07) is 8.12. The molecular formula is C15H21N3O. The molecule has 0 aliphatic carbocycles. The third-order valence-corrected chi connectivity index (χ3v) is 3.34. The summed E-state index contributed by atoms with van der Waals surface area (Å²) in [5.74, 6) is 0. The van der Waals surface area contributed by atoms with Crippen LogP contribution in [0, 0.1) is 5.41 Å². The van der Waals surface area contributed by atoms with Crippen molar-refractivity contribution < 1.29 is 5.11 Å². The summed E-state index contributed by atoms with van der Waals surface area (Å²) in [6.07, 6.45) is 2.46. The number of nitrogens with one attached hydrogen (secondary N) is 1. The number of benzene rings is 1. The van der Waals surface area contributed by atoms with Crippen molar-refractivity contribution in [3.63, 3.8) is 0 Å². The molecule has 1 aromatic carbocycles. The van der Waals surface area contributed by atoms with Gasteiger partial charge in [0.1, 0.15) is 0 Å². The van der Waals surface area contributed by atoms with Gasteiger partial charge >= 0.3 is 0 Å². The molecule has 0 spiro atoms. The lowest BCUT2D eigenvalue weighted by Crippen LogP contribution is -2.35.